The summed E-state index contributed by atoms with van der Waals surface area (Å²) in [6, 6.07) is 8.86. The lowest BCUT2D eigenvalue weighted by molar-refractivity contribution is 0.189. The van der Waals surface area contributed by atoms with E-state index in [4.69, 9.17) is 14.7 Å². The van der Waals surface area contributed by atoms with Gasteiger partial charge in [-0.15, -0.1) is 0 Å². The highest BCUT2D eigenvalue weighted by molar-refractivity contribution is 5.89. The molecule has 1 aliphatic rings. The van der Waals surface area contributed by atoms with Gasteiger partial charge in [-0.25, -0.2) is 14.8 Å². The van der Waals surface area contributed by atoms with Gasteiger partial charge >= 0.3 is 6.03 Å². The molecule has 1 aliphatic heterocycles. The van der Waals surface area contributed by atoms with Gasteiger partial charge in [0, 0.05) is 31.0 Å². The van der Waals surface area contributed by atoms with Crippen molar-refractivity contribution in [1.29, 1.82) is 5.26 Å². The molecule has 25 heavy (non-hydrogen) atoms. The number of carbonyl (C=O) groups is 1. The summed E-state index contributed by atoms with van der Waals surface area (Å²) >= 11 is 0. The number of carbonyl (C=O) groups excluding carboxylic acids is 1. The van der Waals surface area contributed by atoms with Crippen molar-refractivity contribution in [3.8, 4) is 17.7 Å². The number of nitrogens with zero attached hydrogens (tertiary/aromatic N) is 4. The van der Waals surface area contributed by atoms with Crippen LogP contribution < -0.4 is 14.8 Å². The maximum atomic E-state index is 12.3. The number of ether oxygens (including phenoxy) is 2. The second-order valence-corrected chi connectivity index (χ2v) is 5.46. The fourth-order valence-corrected chi connectivity index (χ4v) is 2.53. The van der Waals surface area contributed by atoms with Crippen molar-refractivity contribution in [2.45, 2.75) is 12.5 Å². The van der Waals surface area contributed by atoms with Crippen LogP contribution in [0.4, 0.5) is 10.5 Å². The van der Waals surface area contributed by atoms with Crippen LogP contribution in [0, 0.1) is 11.3 Å². The van der Waals surface area contributed by atoms with Crippen molar-refractivity contribution in [3.63, 3.8) is 0 Å². The van der Waals surface area contributed by atoms with Crippen LogP contribution in [0.25, 0.3) is 0 Å². The van der Waals surface area contributed by atoms with Crippen LogP contribution in [0.15, 0.2) is 36.7 Å². The number of aromatic nitrogens is 2. The highest BCUT2D eigenvalue weighted by Gasteiger charge is 2.28. The first-order valence-corrected chi connectivity index (χ1v) is 7.77. The molecule has 2 heterocycles. The predicted octanol–water partition coefficient (Wildman–Crippen LogP) is 2.04. The number of hydrogen-bond acceptors (Lipinski definition) is 6. The van der Waals surface area contributed by atoms with Gasteiger partial charge in [0.1, 0.15) is 17.9 Å². The Balaban J connectivity index is 1.56. The largest absolute Gasteiger partial charge is 0.497 e. The number of hydrogen-bond donors (Lipinski definition) is 1. The van der Waals surface area contributed by atoms with Crippen LogP contribution in [-0.4, -0.2) is 47.2 Å². The SMILES string of the molecule is COc1ccc(NC(=O)N2CCC(Oc3nccnc3C#N)C2)cc1. The van der Waals surface area contributed by atoms with E-state index in [1.54, 1.807) is 36.3 Å². The van der Waals surface area contributed by atoms with Crippen molar-refractivity contribution in [1.82, 2.24) is 14.9 Å². The molecule has 2 amide bonds. The predicted molar refractivity (Wildman–Crippen MR) is 89.4 cm³/mol. The number of urea groups is 1. The van der Waals surface area contributed by atoms with Gasteiger partial charge in [0.25, 0.3) is 5.88 Å². The highest BCUT2D eigenvalue weighted by Crippen LogP contribution is 2.20. The van der Waals surface area contributed by atoms with Gasteiger partial charge in [-0.05, 0) is 24.3 Å². The minimum absolute atomic E-state index is 0.142. The molecule has 0 aliphatic carbocycles. The minimum Gasteiger partial charge on any atom is -0.497 e. The molecule has 0 spiro atoms. The third-order valence-corrected chi connectivity index (χ3v) is 3.82. The lowest BCUT2D eigenvalue weighted by atomic mass is 10.3. The molecule has 0 radical (unpaired) electrons. The van der Waals surface area contributed by atoms with Gasteiger partial charge in [0.2, 0.25) is 5.69 Å². The fourth-order valence-electron chi connectivity index (χ4n) is 2.53. The van der Waals surface area contributed by atoms with E-state index in [9.17, 15) is 4.79 Å². The zero-order chi connectivity index (χ0) is 17.6. The fraction of sp³-hybridized carbons (Fsp3) is 0.294. The van der Waals surface area contributed by atoms with Crippen molar-refractivity contribution in [2.24, 2.45) is 0 Å². The number of nitrogens with one attached hydrogen (secondary N) is 1. The van der Waals surface area contributed by atoms with Crippen LogP contribution in [0.1, 0.15) is 12.1 Å². The van der Waals surface area contributed by atoms with E-state index in [1.165, 1.54) is 12.4 Å². The number of nitriles is 1. The van der Waals surface area contributed by atoms with Crippen molar-refractivity contribution in [2.75, 3.05) is 25.5 Å². The summed E-state index contributed by atoms with van der Waals surface area (Å²) in [6.45, 7) is 0.984. The number of benzene rings is 1. The number of amides is 2. The van der Waals surface area contributed by atoms with Crippen molar-refractivity contribution >= 4 is 11.7 Å². The number of methoxy groups -OCH3 is 1. The molecule has 1 fully saturated rings. The van der Waals surface area contributed by atoms with Crippen LogP contribution in [0.3, 0.4) is 0 Å². The minimum atomic E-state index is -0.217. The molecule has 128 valence electrons. The Kier molecular flexibility index (Phi) is 4.95. The van der Waals surface area contributed by atoms with E-state index >= 15 is 0 Å². The molecule has 0 saturated carbocycles. The quantitative estimate of drug-likeness (QED) is 0.915. The molecule has 8 nitrogen and oxygen atoms in total. The molecular weight excluding hydrogens is 322 g/mol. The van der Waals surface area contributed by atoms with Crippen LogP contribution in [0.2, 0.25) is 0 Å². The lowest BCUT2D eigenvalue weighted by Crippen LogP contribution is -2.34. The summed E-state index contributed by atoms with van der Waals surface area (Å²) < 4.78 is 10.8. The molecule has 1 aromatic heterocycles. The summed E-state index contributed by atoms with van der Waals surface area (Å²) in [6.07, 6.45) is 3.36. The van der Waals surface area contributed by atoms with Gasteiger partial charge in [0.05, 0.1) is 13.7 Å². The Bertz CT molecular complexity index is 788. The van der Waals surface area contributed by atoms with E-state index in [1.807, 2.05) is 6.07 Å². The van der Waals surface area contributed by atoms with E-state index < -0.39 is 0 Å². The van der Waals surface area contributed by atoms with Gasteiger partial charge in [-0.1, -0.05) is 0 Å². The number of anilines is 1. The molecule has 2 aromatic rings. The number of likely N-dealkylation sites (tertiary alicyclic amines) is 1. The Morgan fingerprint density at radius 1 is 1.32 bits per heavy atom. The van der Waals surface area contributed by atoms with E-state index in [-0.39, 0.29) is 23.7 Å². The maximum Gasteiger partial charge on any atom is 0.321 e. The Morgan fingerprint density at radius 2 is 2.08 bits per heavy atom. The van der Waals surface area contributed by atoms with Gasteiger partial charge in [0.15, 0.2) is 0 Å². The first-order chi connectivity index (χ1) is 12.2. The zero-order valence-corrected chi connectivity index (χ0v) is 13.7. The van der Waals surface area contributed by atoms with Crippen LogP contribution in [-0.2, 0) is 0 Å². The van der Waals surface area contributed by atoms with Gasteiger partial charge < -0.3 is 19.7 Å². The smallest absolute Gasteiger partial charge is 0.321 e. The van der Waals surface area contributed by atoms with Crippen molar-refractivity contribution < 1.29 is 14.3 Å². The normalized spacial score (nSPS) is 16.2. The first kappa shape index (κ1) is 16.5. The monoisotopic (exact) mass is 339 g/mol. The molecule has 1 unspecified atom stereocenters. The zero-order valence-electron chi connectivity index (χ0n) is 13.7. The third kappa shape index (κ3) is 3.95. The maximum absolute atomic E-state index is 12.3. The van der Waals surface area contributed by atoms with E-state index in [0.717, 1.165) is 5.75 Å². The Hall–Kier alpha value is -3.34. The van der Waals surface area contributed by atoms with Crippen molar-refractivity contribution in [3.05, 3.63) is 42.4 Å². The molecule has 3 rings (SSSR count). The molecule has 1 atom stereocenters. The molecule has 1 saturated heterocycles. The summed E-state index contributed by atoms with van der Waals surface area (Å²) in [5.74, 6) is 0.928. The number of rotatable bonds is 4. The lowest BCUT2D eigenvalue weighted by Gasteiger charge is -2.18. The molecule has 8 heteroatoms. The average molecular weight is 339 g/mol. The molecule has 1 N–H and O–H groups in total. The second-order valence-electron chi connectivity index (χ2n) is 5.46. The highest BCUT2D eigenvalue weighted by atomic mass is 16.5. The second kappa shape index (κ2) is 7.49. The van der Waals surface area contributed by atoms with Crippen LogP contribution in [0.5, 0.6) is 11.6 Å². The summed E-state index contributed by atoms with van der Waals surface area (Å²) in [5.41, 5.74) is 0.833. The van der Waals surface area contributed by atoms with E-state index in [0.29, 0.717) is 25.2 Å². The van der Waals surface area contributed by atoms with Crippen LogP contribution >= 0.6 is 0 Å². The average Bonchev–Trinajstić information content (AvgIpc) is 3.11. The summed E-state index contributed by atoms with van der Waals surface area (Å²) in [7, 11) is 1.59. The Labute approximate surface area is 145 Å². The standard InChI is InChI=1S/C17H17N5O3/c1-24-13-4-2-12(3-5-13)21-17(23)22-9-6-14(11-22)25-16-15(10-18)19-7-8-20-16/h2-5,7-8,14H,6,9,11H2,1H3,(H,21,23). The first-order valence-electron chi connectivity index (χ1n) is 7.77. The summed E-state index contributed by atoms with van der Waals surface area (Å²) in [4.78, 5) is 21.9. The third-order valence-electron chi connectivity index (χ3n) is 3.82. The van der Waals surface area contributed by atoms with Gasteiger partial charge in [-0.2, -0.15) is 5.26 Å². The molecular formula is C17H17N5O3. The summed E-state index contributed by atoms with van der Waals surface area (Å²) in [5, 5.41) is 11.9. The molecule has 1 aromatic carbocycles. The van der Waals surface area contributed by atoms with E-state index in [2.05, 4.69) is 15.3 Å². The van der Waals surface area contributed by atoms with Gasteiger partial charge in [-0.3, -0.25) is 0 Å². The molecule has 0 bridgehead atoms. The Morgan fingerprint density at radius 3 is 2.80 bits per heavy atom. The topological polar surface area (TPSA) is 100 Å².